The summed E-state index contributed by atoms with van der Waals surface area (Å²) < 4.78 is 1.78. The fraction of sp³-hybridized carbons (Fsp3) is 0.385. The van der Waals surface area contributed by atoms with Crippen LogP contribution in [0.4, 0.5) is 5.82 Å². The van der Waals surface area contributed by atoms with Gasteiger partial charge in [0.05, 0.1) is 11.1 Å². The van der Waals surface area contributed by atoms with E-state index in [9.17, 15) is 0 Å². The van der Waals surface area contributed by atoms with E-state index in [1.807, 2.05) is 24.7 Å². The van der Waals surface area contributed by atoms with Gasteiger partial charge in [0.15, 0.2) is 5.82 Å². The minimum Gasteiger partial charge on any atom is -0.352 e. The largest absolute Gasteiger partial charge is 0.352 e. The van der Waals surface area contributed by atoms with Gasteiger partial charge in [-0.05, 0) is 35.3 Å². The number of nitrogens with zero attached hydrogens (tertiary/aromatic N) is 6. The fourth-order valence-electron chi connectivity index (χ4n) is 2.73. The second-order valence-electron chi connectivity index (χ2n) is 5.08. The maximum absolute atomic E-state index is 4.63. The third kappa shape index (κ3) is 2.07. The Balaban J connectivity index is 1.79. The first-order chi connectivity index (χ1) is 10.4. The fourth-order valence-corrected chi connectivity index (χ4v) is 3.45. The third-order valence-electron chi connectivity index (χ3n) is 3.88. The molecule has 4 heterocycles. The van der Waals surface area contributed by atoms with Crippen molar-refractivity contribution < 1.29 is 0 Å². The Hall–Kier alpha value is -2.06. The minimum absolute atomic E-state index is 0.500. The van der Waals surface area contributed by atoms with Gasteiger partial charge >= 0.3 is 0 Å². The van der Waals surface area contributed by atoms with E-state index >= 15 is 0 Å². The summed E-state index contributed by atoms with van der Waals surface area (Å²) in [6.45, 7) is 1.91. The van der Waals surface area contributed by atoms with Crippen LogP contribution < -0.4 is 10.2 Å². The van der Waals surface area contributed by atoms with Crippen LogP contribution in [-0.2, 0) is 0 Å². The van der Waals surface area contributed by atoms with Gasteiger partial charge in [-0.1, -0.05) is 6.07 Å². The Morgan fingerprint density at radius 2 is 2.38 bits per heavy atom. The molecular weight excluding hydrogens is 286 g/mol. The van der Waals surface area contributed by atoms with Crippen molar-refractivity contribution in [2.45, 2.75) is 12.5 Å². The monoisotopic (exact) mass is 301 g/mol. The van der Waals surface area contributed by atoms with Crippen LogP contribution >= 0.6 is 11.3 Å². The van der Waals surface area contributed by atoms with E-state index in [1.165, 1.54) is 0 Å². The van der Waals surface area contributed by atoms with Crippen LogP contribution in [0.25, 0.3) is 16.2 Å². The zero-order chi connectivity index (χ0) is 14.2. The quantitative estimate of drug-likeness (QED) is 0.779. The maximum Gasteiger partial charge on any atom is 0.222 e. The number of rotatable bonds is 3. The van der Waals surface area contributed by atoms with Gasteiger partial charge in [0.1, 0.15) is 5.69 Å². The molecule has 0 amide bonds. The summed E-state index contributed by atoms with van der Waals surface area (Å²) in [5, 5.41) is 17.5. The van der Waals surface area contributed by atoms with Crippen molar-refractivity contribution in [2.24, 2.45) is 0 Å². The summed E-state index contributed by atoms with van der Waals surface area (Å²) in [4.78, 5) is 7.98. The highest BCUT2D eigenvalue weighted by Crippen LogP contribution is 2.28. The van der Waals surface area contributed by atoms with E-state index < -0.39 is 0 Å². The van der Waals surface area contributed by atoms with Crippen molar-refractivity contribution >= 4 is 22.8 Å². The molecule has 1 N–H and O–H groups in total. The molecule has 0 aliphatic carbocycles. The molecule has 1 aliphatic heterocycles. The topological polar surface area (TPSA) is 71.2 Å². The lowest BCUT2D eigenvalue weighted by Gasteiger charge is -2.17. The number of tetrazole rings is 1. The van der Waals surface area contributed by atoms with Crippen molar-refractivity contribution in [3.05, 3.63) is 23.7 Å². The lowest BCUT2D eigenvalue weighted by atomic mass is 10.3. The zero-order valence-electron chi connectivity index (χ0n) is 11.6. The molecule has 108 valence electrons. The van der Waals surface area contributed by atoms with Crippen LogP contribution in [0.3, 0.4) is 0 Å². The molecule has 7 nitrogen and oxygen atoms in total. The number of aromatic nitrogens is 5. The summed E-state index contributed by atoms with van der Waals surface area (Å²) >= 11 is 1.66. The Morgan fingerprint density at radius 3 is 3.14 bits per heavy atom. The molecular formula is C13H15N7S. The second kappa shape index (κ2) is 5.05. The van der Waals surface area contributed by atoms with Gasteiger partial charge in [-0.25, -0.2) is 4.98 Å². The standard InChI is InChI=1S/C13H15N7S/c1-14-9-4-5-19(8-9)12-13-16-17-18-20(13)10(7-15-12)11-3-2-6-21-11/h2-3,6-7,9,14H,4-5,8H2,1H3/t9-/m1/s1. The first kappa shape index (κ1) is 12.7. The van der Waals surface area contributed by atoms with Gasteiger partial charge in [0.2, 0.25) is 5.65 Å². The molecule has 3 aromatic rings. The average Bonchev–Trinajstić information content (AvgIpc) is 3.25. The maximum atomic E-state index is 4.63. The SMILES string of the molecule is CN[C@@H]1CCN(c2ncc(-c3cccs3)n3nnnc23)C1. The molecule has 8 heteroatoms. The van der Waals surface area contributed by atoms with Crippen LogP contribution in [0, 0.1) is 0 Å². The number of hydrogen-bond donors (Lipinski definition) is 1. The van der Waals surface area contributed by atoms with E-state index in [4.69, 9.17) is 0 Å². The minimum atomic E-state index is 0.500. The number of likely N-dealkylation sites (N-methyl/N-ethyl adjacent to an activating group) is 1. The molecule has 0 saturated carbocycles. The number of fused-ring (bicyclic) bond motifs is 1. The van der Waals surface area contributed by atoms with Gasteiger partial charge in [0.25, 0.3) is 0 Å². The third-order valence-corrected chi connectivity index (χ3v) is 4.77. The van der Waals surface area contributed by atoms with E-state index in [-0.39, 0.29) is 0 Å². The summed E-state index contributed by atoms with van der Waals surface area (Å²) in [5.41, 5.74) is 1.65. The Morgan fingerprint density at radius 1 is 1.43 bits per heavy atom. The van der Waals surface area contributed by atoms with Gasteiger partial charge < -0.3 is 10.2 Å². The van der Waals surface area contributed by atoms with Crippen molar-refractivity contribution in [1.82, 2.24) is 30.3 Å². The molecule has 0 radical (unpaired) electrons. The molecule has 0 unspecified atom stereocenters. The smallest absolute Gasteiger partial charge is 0.222 e. The lowest BCUT2D eigenvalue weighted by Crippen LogP contribution is -2.30. The van der Waals surface area contributed by atoms with E-state index in [1.54, 1.807) is 15.9 Å². The first-order valence-electron chi connectivity index (χ1n) is 6.90. The van der Waals surface area contributed by atoms with Gasteiger partial charge in [-0.2, -0.15) is 4.52 Å². The van der Waals surface area contributed by atoms with Crippen LogP contribution in [0.15, 0.2) is 23.7 Å². The van der Waals surface area contributed by atoms with Crippen LogP contribution in [0.1, 0.15) is 6.42 Å². The van der Waals surface area contributed by atoms with Crippen LogP contribution in [-0.4, -0.2) is 51.2 Å². The number of anilines is 1. The highest BCUT2D eigenvalue weighted by molar-refractivity contribution is 7.13. The Kier molecular flexibility index (Phi) is 3.04. The summed E-state index contributed by atoms with van der Waals surface area (Å²) in [7, 11) is 2.00. The van der Waals surface area contributed by atoms with Gasteiger partial charge in [-0.15, -0.1) is 16.4 Å². The van der Waals surface area contributed by atoms with Gasteiger partial charge in [-0.3, -0.25) is 0 Å². The summed E-state index contributed by atoms with van der Waals surface area (Å²) in [6.07, 6.45) is 2.97. The molecule has 0 aromatic carbocycles. The van der Waals surface area contributed by atoms with Crippen molar-refractivity contribution in [1.29, 1.82) is 0 Å². The van der Waals surface area contributed by atoms with Gasteiger partial charge in [0, 0.05) is 19.1 Å². The normalized spacial score (nSPS) is 18.7. The first-order valence-corrected chi connectivity index (χ1v) is 7.78. The van der Waals surface area contributed by atoms with Crippen LogP contribution in [0.2, 0.25) is 0 Å². The molecule has 4 rings (SSSR count). The molecule has 1 saturated heterocycles. The molecule has 1 aliphatic rings. The van der Waals surface area contributed by atoms with Crippen molar-refractivity contribution in [2.75, 3.05) is 25.0 Å². The van der Waals surface area contributed by atoms with E-state index in [0.29, 0.717) is 6.04 Å². The molecule has 1 fully saturated rings. The summed E-state index contributed by atoms with van der Waals surface area (Å²) in [6, 6.07) is 4.57. The number of hydrogen-bond acceptors (Lipinski definition) is 7. The molecule has 21 heavy (non-hydrogen) atoms. The predicted octanol–water partition coefficient (Wildman–Crippen LogP) is 1.05. The average molecular weight is 301 g/mol. The van der Waals surface area contributed by atoms with E-state index in [0.717, 1.165) is 41.5 Å². The number of nitrogens with one attached hydrogen (secondary N) is 1. The molecule has 0 spiro atoms. The summed E-state index contributed by atoms with van der Waals surface area (Å²) in [5.74, 6) is 0.859. The predicted molar refractivity (Wildman–Crippen MR) is 81.6 cm³/mol. The number of thiophene rings is 1. The van der Waals surface area contributed by atoms with Crippen molar-refractivity contribution in [3.63, 3.8) is 0 Å². The Labute approximate surface area is 125 Å². The highest BCUT2D eigenvalue weighted by atomic mass is 32.1. The lowest BCUT2D eigenvalue weighted by molar-refractivity contribution is 0.616. The zero-order valence-corrected chi connectivity index (χ0v) is 12.4. The highest BCUT2D eigenvalue weighted by Gasteiger charge is 2.25. The molecule has 0 bridgehead atoms. The van der Waals surface area contributed by atoms with E-state index in [2.05, 4.69) is 36.8 Å². The second-order valence-corrected chi connectivity index (χ2v) is 6.03. The Bertz CT molecular complexity index is 751. The van der Waals surface area contributed by atoms with Crippen LogP contribution in [0.5, 0.6) is 0 Å². The molecule has 3 aromatic heterocycles. The van der Waals surface area contributed by atoms with Crippen molar-refractivity contribution in [3.8, 4) is 10.6 Å². The molecule has 1 atom stereocenters.